The van der Waals surface area contributed by atoms with Gasteiger partial charge < -0.3 is 24.9 Å². The third kappa shape index (κ3) is 36.1. The third-order valence-corrected chi connectivity index (χ3v) is 10.4. The fraction of sp³-hybridized carbons (Fsp3) is 0.795. The highest BCUT2D eigenvalue weighted by atomic mass is 31.2. The van der Waals surface area contributed by atoms with Crippen molar-refractivity contribution in [1.29, 1.82) is 0 Å². The van der Waals surface area contributed by atoms with E-state index in [1.807, 2.05) is 21.1 Å². The van der Waals surface area contributed by atoms with Crippen molar-refractivity contribution in [3.63, 3.8) is 0 Å². The highest BCUT2D eigenvalue weighted by Gasteiger charge is 2.31. The van der Waals surface area contributed by atoms with Gasteiger partial charge in [-0.15, -0.1) is 0 Å². The maximum atomic E-state index is 12.9. The lowest BCUT2D eigenvalue weighted by Gasteiger charge is -2.28. The van der Waals surface area contributed by atoms with Gasteiger partial charge in [-0.1, -0.05) is 127 Å². The zero-order valence-electron chi connectivity index (χ0n) is 35.3. The largest absolute Gasteiger partial charge is 0.472 e. The van der Waals surface area contributed by atoms with E-state index >= 15 is 0 Å². The van der Waals surface area contributed by atoms with Gasteiger partial charge in [0.05, 0.1) is 39.9 Å². The molecule has 0 aromatic carbocycles. The number of likely N-dealkylation sites (N-methyl/N-ethyl adjacent to an activating group) is 1. The molecule has 0 aliphatic heterocycles. The van der Waals surface area contributed by atoms with E-state index in [-0.39, 0.29) is 18.9 Å². The molecular weight excluding hydrogens is 699 g/mol. The van der Waals surface area contributed by atoms with Crippen LogP contribution < -0.4 is 5.32 Å². The lowest BCUT2D eigenvalue weighted by atomic mass is 10.0. The van der Waals surface area contributed by atoms with E-state index in [2.05, 4.69) is 67.8 Å². The maximum Gasteiger partial charge on any atom is 0.472 e. The molecule has 316 valence electrons. The van der Waals surface area contributed by atoms with Crippen LogP contribution in [-0.2, 0) is 18.4 Å². The second kappa shape index (κ2) is 35.8. The summed E-state index contributed by atoms with van der Waals surface area (Å²) in [7, 11) is 1.40. The monoisotopic (exact) mass is 784 g/mol. The van der Waals surface area contributed by atoms with Gasteiger partial charge in [0, 0.05) is 6.42 Å². The van der Waals surface area contributed by atoms with Gasteiger partial charge in [-0.2, -0.15) is 0 Å². The number of aliphatic hydroxyl groups is 2. The van der Waals surface area contributed by atoms with E-state index in [0.29, 0.717) is 30.3 Å². The number of carbonyl (C=O) groups is 1. The van der Waals surface area contributed by atoms with Crippen LogP contribution in [0.1, 0.15) is 168 Å². The number of nitrogens with zero attached hydrogens (tertiary/aromatic N) is 1. The molecule has 4 N–H and O–H groups in total. The minimum absolute atomic E-state index is 0.0104. The molecule has 10 heteroatoms. The van der Waals surface area contributed by atoms with E-state index < -0.39 is 32.7 Å². The van der Waals surface area contributed by atoms with Crippen molar-refractivity contribution in [3.05, 3.63) is 48.6 Å². The Morgan fingerprint density at radius 3 is 1.69 bits per heavy atom. The summed E-state index contributed by atoms with van der Waals surface area (Å²) in [6.45, 7) is 4.50. The fourth-order valence-corrected chi connectivity index (χ4v) is 6.57. The molecule has 0 aliphatic rings. The molecule has 0 saturated carbocycles. The van der Waals surface area contributed by atoms with E-state index in [9.17, 15) is 24.5 Å². The number of hydrogen-bond donors (Lipinski definition) is 4. The van der Waals surface area contributed by atoms with Crippen molar-refractivity contribution in [3.8, 4) is 0 Å². The SMILES string of the molecule is CCCCC/C=C/CC/C=C/CCCC(O)C(O)C(COP(=O)(O)OCC[N+](C)(C)C)NC(=O)CCCCCCCCC/C=C\C/C=C\CCCCCC. The van der Waals surface area contributed by atoms with E-state index in [0.717, 1.165) is 57.8 Å². The summed E-state index contributed by atoms with van der Waals surface area (Å²) in [5, 5.41) is 24.6. The zero-order chi connectivity index (χ0) is 40.2. The molecule has 0 aromatic rings. The summed E-state index contributed by atoms with van der Waals surface area (Å²) < 4.78 is 23.4. The molecule has 0 heterocycles. The lowest BCUT2D eigenvalue weighted by molar-refractivity contribution is -0.870. The molecule has 1 amide bonds. The predicted molar refractivity (Wildman–Crippen MR) is 227 cm³/mol. The van der Waals surface area contributed by atoms with Crippen molar-refractivity contribution in [2.45, 2.75) is 186 Å². The number of phosphoric acid groups is 1. The Kier molecular flexibility index (Phi) is 34.8. The summed E-state index contributed by atoms with van der Waals surface area (Å²) in [6, 6.07) is -1.06. The predicted octanol–water partition coefficient (Wildman–Crippen LogP) is 10.7. The van der Waals surface area contributed by atoms with Crippen LogP contribution in [0.25, 0.3) is 0 Å². The number of rotatable bonds is 38. The van der Waals surface area contributed by atoms with Crippen LogP contribution >= 0.6 is 7.82 Å². The molecule has 9 nitrogen and oxygen atoms in total. The second-order valence-electron chi connectivity index (χ2n) is 15.8. The van der Waals surface area contributed by atoms with E-state index in [1.165, 1.54) is 70.6 Å². The highest BCUT2D eigenvalue weighted by molar-refractivity contribution is 7.47. The average molecular weight is 784 g/mol. The van der Waals surface area contributed by atoms with Crippen LogP contribution in [0.3, 0.4) is 0 Å². The molecule has 4 unspecified atom stereocenters. The van der Waals surface area contributed by atoms with E-state index in [1.54, 1.807) is 0 Å². The maximum absolute atomic E-state index is 12.9. The first kappa shape index (κ1) is 52.4. The molecule has 0 saturated heterocycles. The Morgan fingerprint density at radius 1 is 0.648 bits per heavy atom. The van der Waals surface area contributed by atoms with Crippen LogP contribution in [0.2, 0.25) is 0 Å². The van der Waals surface area contributed by atoms with Crippen LogP contribution in [0.4, 0.5) is 0 Å². The van der Waals surface area contributed by atoms with Crippen molar-refractivity contribution in [2.75, 3.05) is 40.9 Å². The van der Waals surface area contributed by atoms with Gasteiger partial charge in [-0.25, -0.2) is 4.57 Å². The smallest absolute Gasteiger partial charge is 0.390 e. The van der Waals surface area contributed by atoms with Crippen LogP contribution in [0, 0.1) is 0 Å². The van der Waals surface area contributed by atoms with Crippen molar-refractivity contribution < 1.29 is 38.0 Å². The minimum atomic E-state index is -4.43. The topological polar surface area (TPSA) is 125 Å². The quantitative estimate of drug-likeness (QED) is 0.0213. The van der Waals surface area contributed by atoms with Crippen molar-refractivity contribution in [1.82, 2.24) is 5.32 Å². The zero-order valence-corrected chi connectivity index (χ0v) is 36.2. The Balaban J connectivity index is 4.58. The average Bonchev–Trinajstić information content (AvgIpc) is 3.12. The Bertz CT molecular complexity index is 1040. The Hall–Kier alpha value is -1.58. The molecule has 0 aliphatic carbocycles. The van der Waals surface area contributed by atoms with Gasteiger partial charge in [0.2, 0.25) is 5.91 Å². The number of unbranched alkanes of at least 4 members (excludes halogenated alkanes) is 16. The first-order valence-corrected chi connectivity index (χ1v) is 23.1. The first-order chi connectivity index (χ1) is 25.9. The lowest BCUT2D eigenvalue weighted by Crippen LogP contribution is -2.51. The number of quaternary nitrogens is 1. The number of amides is 1. The summed E-state index contributed by atoms with van der Waals surface area (Å²) in [6.07, 6.45) is 40.3. The van der Waals surface area contributed by atoms with E-state index in [4.69, 9.17) is 9.05 Å². The molecule has 0 fully saturated rings. The third-order valence-electron chi connectivity index (χ3n) is 9.37. The normalized spacial score (nSPS) is 15.5. The molecule has 0 radical (unpaired) electrons. The number of carbonyl (C=O) groups excluding carboxylic acids is 1. The molecule has 0 aromatic heterocycles. The van der Waals surface area contributed by atoms with Crippen molar-refractivity contribution in [2.24, 2.45) is 0 Å². The summed E-state index contributed by atoms with van der Waals surface area (Å²) >= 11 is 0. The number of allylic oxidation sites excluding steroid dienone is 8. The van der Waals surface area contributed by atoms with Gasteiger partial charge in [-0.05, 0) is 83.5 Å². The van der Waals surface area contributed by atoms with Gasteiger partial charge >= 0.3 is 7.82 Å². The first-order valence-electron chi connectivity index (χ1n) is 21.6. The molecule has 54 heavy (non-hydrogen) atoms. The van der Waals surface area contributed by atoms with Gasteiger partial charge in [0.15, 0.2) is 0 Å². The molecule has 0 rings (SSSR count). The van der Waals surface area contributed by atoms with Crippen LogP contribution in [0.15, 0.2) is 48.6 Å². The summed E-state index contributed by atoms with van der Waals surface area (Å²) in [5.74, 6) is -0.283. The second-order valence-corrected chi connectivity index (χ2v) is 17.3. The minimum Gasteiger partial charge on any atom is -0.390 e. The Labute approximate surface area is 332 Å². The highest BCUT2D eigenvalue weighted by Crippen LogP contribution is 2.43. The number of aliphatic hydroxyl groups excluding tert-OH is 2. The Morgan fingerprint density at radius 2 is 1.11 bits per heavy atom. The van der Waals surface area contributed by atoms with Gasteiger partial charge in [-0.3, -0.25) is 13.8 Å². The molecule has 4 atom stereocenters. The summed E-state index contributed by atoms with van der Waals surface area (Å²) in [4.78, 5) is 23.1. The number of hydrogen-bond acceptors (Lipinski definition) is 6. The molecule has 0 spiro atoms. The number of nitrogens with one attached hydrogen (secondary N) is 1. The summed E-state index contributed by atoms with van der Waals surface area (Å²) in [5.41, 5.74) is 0. The standard InChI is InChI=1S/C44H83N2O7P/c1-6-8-10-12-14-16-18-20-21-22-23-24-25-27-29-31-33-35-37-43(48)45-41(40-53-54(50,51)52-39-38-46(3,4)5)44(49)42(47)36-34-32-30-28-26-19-17-15-13-11-9-7-2/h15-18,21-22,28,30,41-42,44,47,49H,6-14,19-20,23-27,29,31-40H2,1-5H3,(H-,45,48,50,51)/p+1/b17-15+,18-16-,22-21-,30-28+. The van der Waals surface area contributed by atoms with Gasteiger partial charge in [0.25, 0.3) is 0 Å². The fourth-order valence-electron chi connectivity index (χ4n) is 5.83. The van der Waals surface area contributed by atoms with Crippen LogP contribution in [0.5, 0.6) is 0 Å². The van der Waals surface area contributed by atoms with Gasteiger partial charge in [0.1, 0.15) is 19.3 Å². The van der Waals surface area contributed by atoms with Crippen LogP contribution in [-0.4, -0.2) is 84.6 Å². The molecular formula is C44H84N2O7P+. The van der Waals surface area contributed by atoms with Crippen molar-refractivity contribution >= 4 is 13.7 Å². The number of phosphoric ester groups is 1. The molecule has 0 bridgehead atoms.